The number of nitrogens with zero attached hydrogens (tertiary/aromatic N) is 4. The Balaban J connectivity index is 2.04. The molecule has 28 heavy (non-hydrogen) atoms. The molecular weight excluding hydrogens is 367 g/mol. The van der Waals surface area contributed by atoms with Gasteiger partial charge in [0.15, 0.2) is 5.82 Å². The third-order valence-corrected chi connectivity index (χ3v) is 4.61. The van der Waals surface area contributed by atoms with Gasteiger partial charge in [-0.1, -0.05) is 18.2 Å². The van der Waals surface area contributed by atoms with Crippen LogP contribution in [0.5, 0.6) is 0 Å². The van der Waals surface area contributed by atoms with E-state index in [1.165, 1.54) is 12.1 Å². The predicted molar refractivity (Wildman–Crippen MR) is 104 cm³/mol. The summed E-state index contributed by atoms with van der Waals surface area (Å²) < 4.78 is 42.0. The van der Waals surface area contributed by atoms with Crippen molar-refractivity contribution < 1.29 is 13.2 Å². The number of anilines is 2. The Labute approximate surface area is 161 Å². The predicted octanol–water partition coefficient (Wildman–Crippen LogP) is 4.82. The van der Waals surface area contributed by atoms with Crippen LogP contribution in [0.1, 0.15) is 36.7 Å². The molecule has 148 valence electrons. The molecule has 0 bridgehead atoms. The van der Waals surface area contributed by atoms with Crippen molar-refractivity contribution in [2.75, 3.05) is 24.3 Å². The number of benzene rings is 1. The molecule has 2 heterocycles. The first-order valence-corrected chi connectivity index (χ1v) is 8.83. The van der Waals surface area contributed by atoms with Crippen LogP contribution in [0.15, 0.2) is 30.5 Å². The summed E-state index contributed by atoms with van der Waals surface area (Å²) in [5.74, 6) is -3.02. The van der Waals surface area contributed by atoms with Crippen molar-refractivity contribution in [1.82, 2.24) is 15.2 Å². The number of aromatic nitrogens is 3. The summed E-state index contributed by atoms with van der Waals surface area (Å²) in [6.45, 7) is 4.20. The number of fused-ring (bicyclic) bond motifs is 1. The van der Waals surface area contributed by atoms with Crippen molar-refractivity contribution in [3.8, 4) is 0 Å². The van der Waals surface area contributed by atoms with Gasteiger partial charge in [-0.2, -0.15) is 5.10 Å². The van der Waals surface area contributed by atoms with Crippen LogP contribution in [0.2, 0.25) is 0 Å². The maximum atomic E-state index is 14.7. The number of aryl methyl sites for hydroxylation is 1. The number of hydrogen-bond acceptors (Lipinski definition) is 5. The lowest BCUT2D eigenvalue weighted by Crippen LogP contribution is -2.16. The van der Waals surface area contributed by atoms with Crippen molar-refractivity contribution in [3.63, 3.8) is 0 Å². The van der Waals surface area contributed by atoms with Crippen LogP contribution in [0, 0.1) is 12.7 Å². The van der Waals surface area contributed by atoms with Gasteiger partial charge in [0.2, 0.25) is 0 Å². The lowest BCUT2D eigenvalue weighted by Gasteiger charge is -2.20. The highest BCUT2D eigenvalue weighted by atomic mass is 19.3. The van der Waals surface area contributed by atoms with Crippen LogP contribution in [0.4, 0.5) is 24.8 Å². The minimum atomic E-state index is -3.26. The lowest BCUT2D eigenvalue weighted by atomic mass is 10.0. The van der Waals surface area contributed by atoms with Crippen LogP contribution in [0.3, 0.4) is 0 Å². The SMILES string of the molecule is Cc1nnc(N[C@H](C)c2cccc(C(C)(F)F)c2F)c2cc(N(C)C)ncc12. The van der Waals surface area contributed by atoms with E-state index in [1.807, 2.05) is 32.0 Å². The van der Waals surface area contributed by atoms with Crippen molar-refractivity contribution in [1.29, 1.82) is 0 Å². The molecule has 0 spiro atoms. The zero-order chi connectivity index (χ0) is 20.6. The van der Waals surface area contributed by atoms with Crippen molar-refractivity contribution in [3.05, 3.63) is 53.1 Å². The smallest absolute Gasteiger partial charge is 0.273 e. The molecule has 0 saturated heterocycles. The molecule has 0 aliphatic heterocycles. The zero-order valence-corrected chi connectivity index (χ0v) is 16.4. The number of halogens is 3. The summed E-state index contributed by atoms with van der Waals surface area (Å²) in [6.07, 6.45) is 1.71. The van der Waals surface area contributed by atoms with E-state index in [-0.39, 0.29) is 5.56 Å². The van der Waals surface area contributed by atoms with Crippen molar-refractivity contribution in [2.24, 2.45) is 0 Å². The van der Waals surface area contributed by atoms with Gasteiger partial charge in [0.25, 0.3) is 5.92 Å². The standard InChI is InChI=1S/C20H22F3N5/c1-11(13-7-6-8-16(18(13)21)20(3,22)23)25-19-14-9-17(28(4)5)24-10-15(14)12(2)26-27-19/h6-11H,1-5H3,(H,25,27)/t11-/m1/s1. The van der Waals surface area contributed by atoms with Gasteiger partial charge in [0.1, 0.15) is 11.6 Å². The van der Waals surface area contributed by atoms with E-state index in [1.54, 1.807) is 13.1 Å². The first-order chi connectivity index (χ1) is 13.1. The first-order valence-electron chi connectivity index (χ1n) is 8.83. The quantitative estimate of drug-likeness (QED) is 0.678. The highest BCUT2D eigenvalue weighted by Crippen LogP contribution is 2.34. The fourth-order valence-corrected chi connectivity index (χ4v) is 3.02. The summed E-state index contributed by atoms with van der Waals surface area (Å²) in [5, 5.41) is 13.0. The third-order valence-electron chi connectivity index (χ3n) is 4.61. The number of hydrogen-bond donors (Lipinski definition) is 1. The van der Waals surface area contributed by atoms with Gasteiger partial charge in [-0.25, -0.2) is 18.2 Å². The molecule has 1 atom stereocenters. The van der Waals surface area contributed by atoms with Crippen molar-refractivity contribution in [2.45, 2.75) is 32.7 Å². The number of pyridine rings is 1. The fourth-order valence-electron chi connectivity index (χ4n) is 3.02. The fraction of sp³-hybridized carbons (Fsp3) is 0.350. The second-order valence-corrected chi connectivity index (χ2v) is 7.08. The average molecular weight is 389 g/mol. The topological polar surface area (TPSA) is 53.9 Å². The van der Waals surface area contributed by atoms with E-state index >= 15 is 0 Å². The van der Waals surface area contributed by atoms with Gasteiger partial charge in [-0.3, -0.25) is 0 Å². The second kappa shape index (κ2) is 7.26. The van der Waals surface area contributed by atoms with E-state index in [4.69, 9.17) is 0 Å². The molecule has 2 aromatic heterocycles. The Kier molecular flexibility index (Phi) is 5.14. The Morgan fingerprint density at radius 3 is 2.50 bits per heavy atom. The van der Waals surface area contributed by atoms with E-state index in [0.717, 1.165) is 22.7 Å². The van der Waals surface area contributed by atoms with E-state index in [9.17, 15) is 13.2 Å². The highest BCUT2D eigenvalue weighted by molar-refractivity contribution is 5.94. The number of alkyl halides is 2. The minimum absolute atomic E-state index is 0.136. The molecule has 1 N–H and O–H groups in total. The van der Waals surface area contributed by atoms with Gasteiger partial charge in [0.05, 0.1) is 17.3 Å². The molecule has 1 aromatic carbocycles. The van der Waals surface area contributed by atoms with E-state index < -0.39 is 23.3 Å². The Morgan fingerprint density at radius 1 is 1.14 bits per heavy atom. The summed E-state index contributed by atoms with van der Waals surface area (Å²) >= 11 is 0. The molecule has 0 aliphatic carbocycles. The molecule has 3 rings (SSSR count). The van der Waals surface area contributed by atoms with E-state index in [2.05, 4.69) is 20.5 Å². The van der Waals surface area contributed by atoms with Gasteiger partial charge in [0, 0.05) is 43.6 Å². The Bertz CT molecular complexity index is 1010. The molecule has 0 aliphatic rings. The van der Waals surface area contributed by atoms with Crippen molar-refractivity contribution >= 4 is 22.4 Å². The highest BCUT2D eigenvalue weighted by Gasteiger charge is 2.30. The van der Waals surface area contributed by atoms with Gasteiger partial charge < -0.3 is 10.2 Å². The van der Waals surface area contributed by atoms with Gasteiger partial charge >= 0.3 is 0 Å². The largest absolute Gasteiger partial charge is 0.363 e. The molecule has 0 amide bonds. The Morgan fingerprint density at radius 2 is 1.86 bits per heavy atom. The number of nitrogens with one attached hydrogen (secondary N) is 1. The maximum Gasteiger partial charge on any atom is 0.273 e. The molecule has 0 fully saturated rings. The monoisotopic (exact) mass is 389 g/mol. The van der Waals surface area contributed by atoms with Crippen LogP contribution < -0.4 is 10.2 Å². The molecule has 8 heteroatoms. The summed E-state index contributed by atoms with van der Waals surface area (Å²) in [4.78, 5) is 6.24. The second-order valence-electron chi connectivity index (χ2n) is 7.08. The summed E-state index contributed by atoms with van der Waals surface area (Å²) in [7, 11) is 3.74. The third kappa shape index (κ3) is 3.72. The zero-order valence-electron chi connectivity index (χ0n) is 16.4. The molecular formula is C20H22F3N5. The van der Waals surface area contributed by atoms with Crippen LogP contribution >= 0.6 is 0 Å². The van der Waals surface area contributed by atoms with Crippen LogP contribution in [0.25, 0.3) is 10.8 Å². The first kappa shape index (κ1) is 19.9. The normalized spacial score (nSPS) is 12.9. The molecule has 5 nitrogen and oxygen atoms in total. The maximum absolute atomic E-state index is 14.7. The van der Waals surface area contributed by atoms with E-state index in [0.29, 0.717) is 18.4 Å². The lowest BCUT2D eigenvalue weighted by molar-refractivity contribution is 0.0136. The molecule has 0 radical (unpaired) electrons. The summed E-state index contributed by atoms with van der Waals surface area (Å²) in [6, 6.07) is 5.27. The van der Waals surface area contributed by atoms with Crippen LogP contribution in [-0.4, -0.2) is 29.3 Å². The molecule has 0 saturated carbocycles. The minimum Gasteiger partial charge on any atom is -0.363 e. The summed E-state index contributed by atoms with van der Waals surface area (Å²) in [5.41, 5.74) is 0.221. The van der Waals surface area contributed by atoms with Gasteiger partial charge in [-0.15, -0.1) is 5.10 Å². The van der Waals surface area contributed by atoms with Crippen LogP contribution in [-0.2, 0) is 5.92 Å². The van der Waals surface area contributed by atoms with Gasteiger partial charge in [-0.05, 0) is 19.9 Å². The average Bonchev–Trinajstić information content (AvgIpc) is 2.62. The molecule has 3 aromatic rings. The molecule has 0 unspecified atom stereocenters. The number of rotatable bonds is 5. The Hall–Kier alpha value is -2.90.